The molecule has 1 N–H and O–H groups in total. The van der Waals surface area contributed by atoms with Gasteiger partial charge in [0.05, 0.1) is 10.0 Å². The molecule has 0 radical (unpaired) electrons. The fourth-order valence-electron chi connectivity index (χ4n) is 2.17. The standard InChI is InChI=1S/C14H17Cl2NO3/c15-12-2-1-11(7-13(12)16)20-9-14(19)17-5-3-10(8-18)4-6-17/h1-2,7,10,18H,3-6,8-9H2. The lowest BCUT2D eigenvalue weighted by atomic mass is 9.98. The molecule has 1 saturated heterocycles. The fourth-order valence-corrected chi connectivity index (χ4v) is 2.46. The minimum Gasteiger partial charge on any atom is -0.484 e. The highest BCUT2D eigenvalue weighted by atomic mass is 35.5. The van der Waals surface area contributed by atoms with Crippen LogP contribution in [0.4, 0.5) is 0 Å². The van der Waals surface area contributed by atoms with E-state index in [1.54, 1.807) is 23.1 Å². The number of aliphatic hydroxyl groups is 1. The smallest absolute Gasteiger partial charge is 0.260 e. The molecule has 1 aliphatic heterocycles. The van der Waals surface area contributed by atoms with Crippen LogP contribution in [-0.4, -0.2) is 42.2 Å². The Labute approximate surface area is 128 Å². The molecular weight excluding hydrogens is 301 g/mol. The number of hydrogen-bond donors (Lipinski definition) is 1. The van der Waals surface area contributed by atoms with Crippen LogP contribution in [0.15, 0.2) is 18.2 Å². The number of benzene rings is 1. The van der Waals surface area contributed by atoms with Crippen LogP contribution in [0.5, 0.6) is 5.75 Å². The largest absolute Gasteiger partial charge is 0.484 e. The van der Waals surface area contributed by atoms with Crippen molar-refractivity contribution in [3.8, 4) is 5.75 Å². The highest BCUT2D eigenvalue weighted by Gasteiger charge is 2.22. The van der Waals surface area contributed by atoms with Crippen molar-refractivity contribution >= 4 is 29.1 Å². The maximum atomic E-state index is 12.0. The summed E-state index contributed by atoms with van der Waals surface area (Å²) in [5.74, 6) is 0.792. The number of rotatable bonds is 4. The van der Waals surface area contributed by atoms with Gasteiger partial charge in [-0.15, -0.1) is 0 Å². The SMILES string of the molecule is O=C(COc1ccc(Cl)c(Cl)c1)N1CCC(CO)CC1. The van der Waals surface area contributed by atoms with E-state index in [1.165, 1.54) is 0 Å². The Bertz CT molecular complexity index is 473. The molecule has 6 heteroatoms. The summed E-state index contributed by atoms with van der Waals surface area (Å²) < 4.78 is 5.43. The average Bonchev–Trinajstić information content (AvgIpc) is 2.48. The third kappa shape index (κ3) is 4.01. The van der Waals surface area contributed by atoms with Crippen LogP contribution < -0.4 is 4.74 Å². The van der Waals surface area contributed by atoms with E-state index in [4.69, 9.17) is 33.0 Å². The lowest BCUT2D eigenvalue weighted by Gasteiger charge is -2.31. The molecule has 0 aliphatic carbocycles. The third-order valence-corrected chi connectivity index (χ3v) is 4.22. The summed E-state index contributed by atoms with van der Waals surface area (Å²) in [4.78, 5) is 13.8. The topological polar surface area (TPSA) is 49.8 Å². The Morgan fingerprint density at radius 1 is 1.30 bits per heavy atom. The van der Waals surface area contributed by atoms with Crippen LogP contribution in [0.2, 0.25) is 10.0 Å². The number of likely N-dealkylation sites (tertiary alicyclic amines) is 1. The first-order valence-electron chi connectivity index (χ1n) is 6.56. The van der Waals surface area contributed by atoms with E-state index < -0.39 is 0 Å². The van der Waals surface area contributed by atoms with Crippen molar-refractivity contribution < 1.29 is 14.6 Å². The molecule has 1 aromatic carbocycles. The van der Waals surface area contributed by atoms with E-state index in [2.05, 4.69) is 0 Å². The minimum absolute atomic E-state index is 0.0121. The fraction of sp³-hybridized carbons (Fsp3) is 0.500. The summed E-state index contributed by atoms with van der Waals surface area (Å²) in [6.07, 6.45) is 1.68. The number of piperidine rings is 1. The van der Waals surface area contributed by atoms with Crippen molar-refractivity contribution in [2.45, 2.75) is 12.8 Å². The minimum atomic E-state index is -0.0486. The van der Waals surface area contributed by atoms with Crippen molar-refractivity contribution in [1.29, 1.82) is 0 Å². The molecule has 1 fully saturated rings. The molecule has 4 nitrogen and oxygen atoms in total. The van der Waals surface area contributed by atoms with Gasteiger partial charge < -0.3 is 14.7 Å². The second kappa shape index (κ2) is 7.16. The number of carbonyl (C=O) groups is 1. The first-order valence-corrected chi connectivity index (χ1v) is 7.32. The zero-order chi connectivity index (χ0) is 14.5. The van der Waals surface area contributed by atoms with Gasteiger partial charge in [-0.25, -0.2) is 0 Å². The highest BCUT2D eigenvalue weighted by molar-refractivity contribution is 6.42. The summed E-state index contributed by atoms with van der Waals surface area (Å²) in [6.45, 7) is 1.53. The summed E-state index contributed by atoms with van der Waals surface area (Å²) >= 11 is 11.7. The van der Waals surface area contributed by atoms with E-state index in [1.807, 2.05) is 0 Å². The molecule has 0 saturated carbocycles. The van der Waals surface area contributed by atoms with Gasteiger partial charge in [-0.05, 0) is 30.9 Å². The molecule has 0 atom stereocenters. The Kier molecular flexibility index (Phi) is 5.52. The van der Waals surface area contributed by atoms with Gasteiger partial charge in [-0.3, -0.25) is 4.79 Å². The third-order valence-electron chi connectivity index (χ3n) is 3.48. The lowest BCUT2D eigenvalue weighted by Crippen LogP contribution is -2.41. The Hall–Kier alpha value is -0.970. The van der Waals surface area contributed by atoms with Crippen molar-refractivity contribution in [3.05, 3.63) is 28.2 Å². The zero-order valence-corrected chi connectivity index (χ0v) is 12.5. The molecule has 1 aromatic rings. The molecule has 20 heavy (non-hydrogen) atoms. The zero-order valence-electron chi connectivity index (χ0n) is 11.0. The van der Waals surface area contributed by atoms with E-state index in [0.717, 1.165) is 12.8 Å². The van der Waals surface area contributed by atoms with E-state index >= 15 is 0 Å². The molecule has 1 heterocycles. The predicted molar refractivity (Wildman–Crippen MR) is 78.3 cm³/mol. The van der Waals surface area contributed by atoms with Crippen LogP contribution in [0.3, 0.4) is 0 Å². The van der Waals surface area contributed by atoms with Gasteiger partial charge in [0, 0.05) is 25.8 Å². The van der Waals surface area contributed by atoms with Crippen molar-refractivity contribution in [3.63, 3.8) is 0 Å². The second-order valence-corrected chi connectivity index (χ2v) is 5.69. The molecule has 0 unspecified atom stereocenters. The maximum Gasteiger partial charge on any atom is 0.260 e. The highest BCUT2D eigenvalue weighted by Crippen LogP contribution is 2.26. The van der Waals surface area contributed by atoms with Crippen LogP contribution >= 0.6 is 23.2 Å². The Balaban J connectivity index is 1.81. The number of amides is 1. The molecule has 2 rings (SSSR count). The first kappa shape index (κ1) is 15.4. The predicted octanol–water partition coefficient (Wildman–Crippen LogP) is 2.60. The van der Waals surface area contributed by atoms with Gasteiger partial charge in [0.25, 0.3) is 5.91 Å². The van der Waals surface area contributed by atoms with Crippen molar-refractivity contribution in [2.24, 2.45) is 5.92 Å². The molecule has 0 bridgehead atoms. The number of carbonyl (C=O) groups excluding carboxylic acids is 1. The molecular formula is C14H17Cl2NO3. The monoisotopic (exact) mass is 317 g/mol. The van der Waals surface area contributed by atoms with Crippen molar-refractivity contribution in [1.82, 2.24) is 4.90 Å². The van der Waals surface area contributed by atoms with Gasteiger partial charge in [-0.1, -0.05) is 23.2 Å². The summed E-state index contributed by atoms with van der Waals surface area (Å²) in [5, 5.41) is 9.92. The van der Waals surface area contributed by atoms with Gasteiger partial charge in [0.1, 0.15) is 5.75 Å². The molecule has 110 valence electrons. The number of nitrogens with zero attached hydrogens (tertiary/aromatic N) is 1. The Morgan fingerprint density at radius 3 is 2.60 bits per heavy atom. The van der Waals surface area contributed by atoms with Crippen LogP contribution in [-0.2, 0) is 4.79 Å². The summed E-state index contributed by atoms with van der Waals surface area (Å²) in [5.41, 5.74) is 0. The summed E-state index contributed by atoms with van der Waals surface area (Å²) in [7, 11) is 0. The Morgan fingerprint density at radius 2 is 2.00 bits per heavy atom. The number of halogens is 2. The molecule has 0 aromatic heterocycles. The molecule has 1 aliphatic rings. The number of ether oxygens (including phenoxy) is 1. The van der Waals surface area contributed by atoms with E-state index in [9.17, 15) is 4.79 Å². The van der Waals surface area contributed by atoms with Crippen LogP contribution in [0, 0.1) is 5.92 Å². The second-order valence-electron chi connectivity index (χ2n) is 4.87. The quantitative estimate of drug-likeness (QED) is 0.928. The van der Waals surface area contributed by atoms with Gasteiger partial charge >= 0.3 is 0 Å². The van der Waals surface area contributed by atoms with E-state index in [0.29, 0.717) is 34.8 Å². The molecule has 1 amide bonds. The summed E-state index contributed by atoms with van der Waals surface area (Å²) in [6, 6.07) is 4.91. The molecule has 0 spiro atoms. The van der Waals surface area contributed by atoms with Gasteiger partial charge in [-0.2, -0.15) is 0 Å². The average molecular weight is 318 g/mol. The van der Waals surface area contributed by atoms with E-state index in [-0.39, 0.29) is 19.1 Å². The number of hydrogen-bond acceptors (Lipinski definition) is 3. The van der Waals surface area contributed by atoms with Gasteiger partial charge in [0.15, 0.2) is 6.61 Å². The maximum absolute atomic E-state index is 12.0. The lowest BCUT2D eigenvalue weighted by molar-refractivity contribution is -0.134. The first-order chi connectivity index (χ1) is 9.60. The number of aliphatic hydroxyl groups excluding tert-OH is 1. The van der Waals surface area contributed by atoms with Gasteiger partial charge in [0.2, 0.25) is 0 Å². The normalized spacial score (nSPS) is 16.2. The van der Waals surface area contributed by atoms with Crippen molar-refractivity contribution in [2.75, 3.05) is 26.3 Å². The van der Waals surface area contributed by atoms with Crippen LogP contribution in [0.1, 0.15) is 12.8 Å². The van der Waals surface area contributed by atoms with Crippen LogP contribution in [0.25, 0.3) is 0 Å².